The molecule has 204 valence electrons. The molecule has 4 rings (SSSR count). The summed E-state index contributed by atoms with van der Waals surface area (Å²) in [6, 6.07) is 7.61. The fourth-order valence-corrected chi connectivity index (χ4v) is 4.94. The van der Waals surface area contributed by atoms with Crippen molar-refractivity contribution in [3.63, 3.8) is 0 Å². The lowest BCUT2D eigenvalue weighted by atomic mass is 10.1. The first kappa shape index (κ1) is 27.9. The number of methoxy groups -OCH3 is 1. The summed E-state index contributed by atoms with van der Waals surface area (Å²) in [6.45, 7) is 10.4. The van der Waals surface area contributed by atoms with Crippen LogP contribution in [0.2, 0.25) is 5.02 Å². The summed E-state index contributed by atoms with van der Waals surface area (Å²) in [5.41, 5.74) is 1.89. The molecule has 1 aliphatic heterocycles. The van der Waals surface area contributed by atoms with Crippen LogP contribution in [-0.4, -0.2) is 69.7 Å². The van der Waals surface area contributed by atoms with E-state index in [0.29, 0.717) is 29.7 Å². The summed E-state index contributed by atoms with van der Waals surface area (Å²) >= 11 is 6.26. The summed E-state index contributed by atoms with van der Waals surface area (Å²) in [5.74, 6) is 2.30. The lowest BCUT2D eigenvalue weighted by molar-refractivity contribution is -0.121. The molecule has 1 N–H and O–H groups in total. The molecule has 1 aliphatic rings. The number of imidazole rings is 1. The molecular formula is C28H38ClN7O2. The van der Waals surface area contributed by atoms with Crippen LogP contribution in [0.25, 0.3) is 5.95 Å². The Bertz CT molecular complexity index is 1200. The Morgan fingerprint density at radius 3 is 2.76 bits per heavy atom. The van der Waals surface area contributed by atoms with Gasteiger partial charge in [0.05, 0.1) is 23.9 Å². The maximum atomic E-state index is 13.2. The molecule has 38 heavy (non-hydrogen) atoms. The molecule has 0 bridgehead atoms. The highest BCUT2D eigenvalue weighted by Gasteiger charge is 2.30. The van der Waals surface area contributed by atoms with Crippen molar-refractivity contribution in [3.8, 4) is 11.7 Å². The molecule has 1 atom stereocenters. The molecule has 0 spiro atoms. The number of anilines is 1. The molecule has 9 nitrogen and oxygen atoms in total. The van der Waals surface area contributed by atoms with Crippen molar-refractivity contribution in [1.82, 2.24) is 29.7 Å². The van der Waals surface area contributed by atoms with Gasteiger partial charge in [-0.3, -0.25) is 14.3 Å². The van der Waals surface area contributed by atoms with Crippen molar-refractivity contribution in [3.05, 3.63) is 59.3 Å². The minimum Gasteiger partial charge on any atom is -0.495 e. The van der Waals surface area contributed by atoms with Crippen molar-refractivity contribution in [2.75, 3.05) is 38.2 Å². The van der Waals surface area contributed by atoms with Crippen molar-refractivity contribution in [1.29, 1.82) is 0 Å². The smallest absolute Gasteiger partial charge is 0.237 e. The number of piperazine rings is 1. The zero-order chi connectivity index (χ0) is 27.1. The number of nitrogens with one attached hydrogen (secondary N) is 1. The Kier molecular flexibility index (Phi) is 9.58. The highest BCUT2D eigenvalue weighted by atomic mass is 35.5. The van der Waals surface area contributed by atoms with Crippen molar-refractivity contribution >= 4 is 23.3 Å². The first-order valence-corrected chi connectivity index (χ1v) is 13.7. The van der Waals surface area contributed by atoms with E-state index < -0.39 is 0 Å². The molecule has 10 heteroatoms. The summed E-state index contributed by atoms with van der Waals surface area (Å²) in [6.07, 6.45) is 7.94. The monoisotopic (exact) mass is 539 g/mol. The van der Waals surface area contributed by atoms with Gasteiger partial charge in [0.1, 0.15) is 17.9 Å². The van der Waals surface area contributed by atoms with Gasteiger partial charge in [0.15, 0.2) is 0 Å². The topological polar surface area (TPSA) is 88.4 Å². The number of ether oxygens (including phenoxy) is 1. The van der Waals surface area contributed by atoms with Gasteiger partial charge in [-0.1, -0.05) is 44.9 Å². The molecule has 1 fully saturated rings. The van der Waals surface area contributed by atoms with Crippen LogP contribution in [0.1, 0.15) is 57.2 Å². The molecule has 1 saturated heterocycles. The van der Waals surface area contributed by atoms with E-state index in [9.17, 15) is 4.79 Å². The molecule has 1 amide bonds. The van der Waals surface area contributed by atoms with E-state index in [0.717, 1.165) is 56.1 Å². The third kappa shape index (κ3) is 7.02. The number of hydrogen-bond acceptors (Lipinski definition) is 7. The molecule has 2 aromatic heterocycles. The second kappa shape index (κ2) is 13.1. The van der Waals surface area contributed by atoms with Gasteiger partial charge in [-0.05, 0) is 36.6 Å². The SMILES string of the molecule is CCCCN1CCN(c2cc(C(C)C)nc(-n3ccnc3)n2)C(CC(=O)NCc2ccc(OC)c(Cl)c2)C1. The molecule has 3 heterocycles. The maximum absolute atomic E-state index is 13.2. The largest absolute Gasteiger partial charge is 0.495 e. The number of hydrogen-bond donors (Lipinski definition) is 1. The predicted octanol–water partition coefficient (Wildman–Crippen LogP) is 4.44. The van der Waals surface area contributed by atoms with Crippen molar-refractivity contribution in [2.45, 2.75) is 58.5 Å². The van der Waals surface area contributed by atoms with Gasteiger partial charge < -0.3 is 15.0 Å². The molecule has 0 saturated carbocycles. The number of carbonyl (C=O) groups excluding carboxylic acids is 1. The number of nitrogens with zero attached hydrogens (tertiary/aromatic N) is 6. The van der Waals surface area contributed by atoms with Gasteiger partial charge in [-0.15, -0.1) is 0 Å². The Hall–Kier alpha value is -3.17. The quantitative estimate of drug-likeness (QED) is 0.385. The average molecular weight is 540 g/mol. The van der Waals surface area contributed by atoms with E-state index in [1.807, 2.05) is 29.0 Å². The summed E-state index contributed by atoms with van der Waals surface area (Å²) in [4.78, 5) is 31.7. The highest BCUT2D eigenvalue weighted by molar-refractivity contribution is 6.32. The number of carbonyl (C=O) groups is 1. The second-order valence-electron chi connectivity index (χ2n) is 10.0. The van der Waals surface area contributed by atoms with Gasteiger partial charge in [-0.2, -0.15) is 4.98 Å². The molecular weight excluding hydrogens is 502 g/mol. The Labute approximate surface area is 230 Å². The van der Waals surface area contributed by atoms with Crippen molar-refractivity contribution in [2.24, 2.45) is 0 Å². The van der Waals surface area contributed by atoms with Crippen LogP contribution < -0.4 is 15.0 Å². The summed E-state index contributed by atoms with van der Waals surface area (Å²) in [5, 5.41) is 3.61. The Morgan fingerprint density at radius 1 is 1.24 bits per heavy atom. The lowest BCUT2D eigenvalue weighted by Crippen LogP contribution is -2.55. The van der Waals surface area contributed by atoms with E-state index in [2.05, 4.69) is 46.9 Å². The van der Waals surface area contributed by atoms with E-state index in [-0.39, 0.29) is 17.9 Å². The van der Waals surface area contributed by atoms with Crippen LogP contribution in [-0.2, 0) is 11.3 Å². The van der Waals surface area contributed by atoms with E-state index in [1.165, 1.54) is 0 Å². The maximum Gasteiger partial charge on any atom is 0.237 e. The van der Waals surface area contributed by atoms with Crippen LogP contribution in [0, 0.1) is 0 Å². The van der Waals surface area contributed by atoms with E-state index in [4.69, 9.17) is 26.3 Å². The van der Waals surface area contributed by atoms with Gasteiger partial charge in [-0.25, -0.2) is 9.97 Å². The average Bonchev–Trinajstić information content (AvgIpc) is 3.46. The van der Waals surface area contributed by atoms with Crippen LogP contribution >= 0.6 is 11.6 Å². The molecule has 1 aromatic carbocycles. The molecule has 0 radical (unpaired) electrons. The molecule has 0 aliphatic carbocycles. The summed E-state index contributed by atoms with van der Waals surface area (Å²) < 4.78 is 7.06. The number of amides is 1. The zero-order valence-corrected chi connectivity index (χ0v) is 23.5. The Balaban J connectivity index is 1.53. The van der Waals surface area contributed by atoms with Crippen LogP contribution in [0.3, 0.4) is 0 Å². The first-order valence-electron chi connectivity index (χ1n) is 13.3. The predicted molar refractivity (Wildman–Crippen MR) is 150 cm³/mol. The first-order chi connectivity index (χ1) is 18.4. The molecule has 1 unspecified atom stereocenters. The minimum absolute atomic E-state index is 0.00254. The number of benzene rings is 1. The van der Waals surface area contributed by atoms with Gasteiger partial charge in [0.25, 0.3) is 0 Å². The fourth-order valence-electron chi connectivity index (χ4n) is 4.66. The number of halogens is 1. The van der Waals surface area contributed by atoms with E-state index >= 15 is 0 Å². The standard InChI is InChI=1S/C28H38ClN7O2/c1-5-6-10-34-12-13-36(26-16-24(20(2)3)32-28(33-26)35-11-9-30-19-35)22(18-34)15-27(37)31-17-21-7-8-25(38-4)23(29)14-21/h7-9,11,14,16,19-20,22H,5-6,10,12-13,15,17-18H2,1-4H3,(H,31,37). The Morgan fingerprint density at radius 2 is 2.08 bits per heavy atom. The van der Waals surface area contributed by atoms with Gasteiger partial charge >= 0.3 is 0 Å². The van der Waals surface area contributed by atoms with Crippen LogP contribution in [0.5, 0.6) is 5.75 Å². The third-order valence-corrected chi connectivity index (χ3v) is 7.16. The zero-order valence-electron chi connectivity index (χ0n) is 22.7. The fraction of sp³-hybridized carbons (Fsp3) is 0.500. The number of unbranched alkanes of at least 4 members (excludes halogenated alkanes) is 1. The number of aromatic nitrogens is 4. The number of rotatable bonds is 11. The van der Waals surface area contributed by atoms with Gasteiger partial charge in [0.2, 0.25) is 11.9 Å². The lowest BCUT2D eigenvalue weighted by Gasteiger charge is -2.42. The second-order valence-corrected chi connectivity index (χ2v) is 10.4. The molecule has 3 aromatic rings. The minimum atomic E-state index is -0.00869. The highest BCUT2D eigenvalue weighted by Crippen LogP contribution is 2.26. The van der Waals surface area contributed by atoms with Gasteiger partial charge in [0, 0.05) is 51.1 Å². The third-order valence-electron chi connectivity index (χ3n) is 6.86. The van der Waals surface area contributed by atoms with Crippen molar-refractivity contribution < 1.29 is 9.53 Å². The normalized spacial score (nSPS) is 16.2. The van der Waals surface area contributed by atoms with Crippen LogP contribution in [0.15, 0.2) is 43.0 Å². The summed E-state index contributed by atoms with van der Waals surface area (Å²) in [7, 11) is 1.59. The van der Waals surface area contributed by atoms with E-state index in [1.54, 1.807) is 19.6 Å². The van der Waals surface area contributed by atoms with Crippen LogP contribution in [0.4, 0.5) is 5.82 Å².